The Bertz CT molecular complexity index is 464. The molecule has 156 valence electrons. The summed E-state index contributed by atoms with van der Waals surface area (Å²) in [7, 11) is -2.56. The Morgan fingerprint density at radius 2 is 1.44 bits per heavy atom. The van der Waals surface area contributed by atoms with E-state index in [0.29, 0.717) is 12.6 Å². The van der Waals surface area contributed by atoms with Gasteiger partial charge in [0.25, 0.3) is 0 Å². The molecule has 0 aromatic heterocycles. The Labute approximate surface area is 165 Å². The van der Waals surface area contributed by atoms with Gasteiger partial charge < -0.3 is 24.3 Å². The van der Waals surface area contributed by atoms with Gasteiger partial charge >= 0.3 is 8.80 Å². The predicted octanol–water partition coefficient (Wildman–Crippen LogP) is 4.07. The number of nitrogens with two attached hydrogens (primary N) is 1. The molecule has 3 aliphatic rings. The van der Waals surface area contributed by atoms with Crippen LogP contribution in [0.1, 0.15) is 89.9 Å². The van der Waals surface area contributed by atoms with Crippen molar-refractivity contribution in [2.24, 2.45) is 5.73 Å². The van der Waals surface area contributed by atoms with Crippen LogP contribution in [-0.4, -0.2) is 39.6 Å². The average Bonchev–Trinajstić information content (AvgIpc) is 2.89. The molecule has 0 radical (unpaired) electrons. The van der Waals surface area contributed by atoms with E-state index in [1.165, 1.54) is 64.2 Å². The van der Waals surface area contributed by atoms with E-state index in [1.807, 2.05) is 0 Å². The van der Waals surface area contributed by atoms with Crippen LogP contribution in [0.2, 0.25) is 6.04 Å². The van der Waals surface area contributed by atoms with E-state index < -0.39 is 8.80 Å². The van der Waals surface area contributed by atoms with Gasteiger partial charge in [-0.25, -0.2) is 0 Å². The highest BCUT2D eigenvalue weighted by atomic mass is 28.4. The third-order valence-electron chi connectivity index (χ3n) is 6.16. The Hall–Kier alpha value is -0.633. The molecule has 3 rings (SSSR count). The number of rotatable bonds is 4. The molecule has 2 heterocycles. The first-order valence-corrected chi connectivity index (χ1v) is 13.2. The summed E-state index contributed by atoms with van der Waals surface area (Å²) in [5.74, 6) is 0.0259. The monoisotopic (exact) mass is 397 g/mol. The van der Waals surface area contributed by atoms with Gasteiger partial charge in [-0.2, -0.15) is 0 Å². The van der Waals surface area contributed by atoms with Crippen molar-refractivity contribution in [1.82, 2.24) is 5.32 Å². The summed E-state index contributed by atoms with van der Waals surface area (Å²) < 4.78 is 19.4. The van der Waals surface area contributed by atoms with Crippen molar-refractivity contribution in [2.75, 3.05) is 6.54 Å². The van der Waals surface area contributed by atoms with Gasteiger partial charge in [-0.15, -0.1) is 0 Å². The highest BCUT2D eigenvalue weighted by Crippen LogP contribution is 2.41. The van der Waals surface area contributed by atoms with Crippen molar-refractivity contribution in [3.8, 4) is 0 Å². The standard InChI is InChI=1S/C20H39N3O3Si/c21-20(22)23-14-11-15-27-24-17-12-9-7-5-3-1-2-4-6-8-10-13-18(25-27)19(16-17)26-27/h17-19H,1-16H2,(H4,21,22,23). The molecule has 4 atom stereocenters. The molecular formula is C20H39N3O3Si. The van der Waals surface area contributed by atoms with Crippen molar-refractivity contribution in [2.45, 2.75) is 114 Å². The van der Waals surface area contributed by atoms with Crippen molar-refractivity contribution < 1.29 is 13.3 Å². The van der Waals surface area contributed by atoms with E-state index in [0.717, 1.165) is 31.7 Å². The summed E-state index contributed by atoms with van der Waals surface area (Å²) in [5.41, 5.74) is 5.38. The van der Waals surface area contributed by atoms with Crippen molar-refractivity contribution in [1.29, 1.82) is 5.41 Å². The molecule has 1 aliphatic carbocycles. The van der Waals surface area contributed by atoms with Crippen LogP contribution in [0, 0.1) is 5.41 Å². The van der Waals surface area contributed by atoms with Gasteiger partial charge in [-0.3, -0.25) is 5.41 Å². The summed E-state index contributed by atoms with van der Waals surface area (Å²) in [6, 6.07) is 0.830. The first kappa shape index (κ1) is 21.1. The SMILES string of the molecule is N=C(N)NCCC[Si]12OC3CCCCCCCCCCCCC(O1)C(C3)O2. The Kier molecular flexibility index (Phi) is 8.42. The number of hydrogen-bond donors (Lipinski definition) is 3. The molecule has 3 fully saturated rings. The highest BCUT2D eigenvalue weighted by molar-refractivity contribution is 6.61. The topological polar surface area (TPSA) is 89.6 Å². The third kappa shape index (κ3) is 6.73. The molecule has 1 saturated carbocycles. The Morgan fingerprint density at radius 1 is 0.852 bits per heavy atom. The molecule has 2 aliphatic heterocycles. The first-order chi connectivity index (χ1) is 13.2. The normalized spacial score (nSPS) is 35.8. The van der Waals surface area contributed by atoms with E-state index in [1.54, 1.807) is 0 Å². The minimum Gasteiger partial charge on any atom is -0.370 e. The maximum Gasteiger partial charge on any atom is 0.501 e. The second kappa shape index (κ2) is 10.8. The lowest BCUT2D eigenvalue weighted by Gasteiger charge is -2.34. The van der Waals surface area contributed by atoms with E-state index in [2.05, 4.69) is 5.32 Å². The lowest BCUT2D eigenvalue weighted by atomic mass is 9.97. The van der Waals surface area contributed by atoms with Crippen LogP contribution in [0.3, 0.4) is 0 Å². The number of nitrogens with one attached hydrogen (secondary N) is 2. The fraction of sp³-hybridized carbons (Fsp3) is 0.950. The molecule has 0 aromatic carbocycles. The first-order valence-electron chi connectivity index (χ1n) is 11.3. The van der Waals surface area contributed by atoms with Crippen molar-refractivity contribution >= 4 is 14.8 Å². The Morgan fingerprint density at radius 3 is 2.11 bits per heavy atom. The minimum atomic E-state index is -2.56. The molecule has 6 nitrogen and oxygen atoms in total. The van der Waals surface area contributed by atoms with Gasteiger partial charge in [-0.05, 0) is 19.3 Å². The second-order valence-corrected chi connectivity index (χ2v) is 11.1. The van der Waals surface area contributed by atoms with Crippen LogP contribution >= 0.6 is 0 Å². The molecule has 2 saturated heterocycles. The lowest BCUT2D eigenvalue weighted by molar-refractivity contribution is 0.00839. The molecule has 0 spiro atoms. The molecule has 27 heavy (non-hydrogen) atoms. The largest absolute Gasteiger partial charge is 0.501 e. The smallest absolute Gasteiger partial charge is 0.370 e. The fourth-order valence-corrected chi connectivity index (χ4v) is 8.01. The third-order valence-corrected chi connectivity index (χ3v) is 9.14. The molecule has 0 amide bonds. The van der Waals surface area contributed by atoms with Gasteiger partial charge in [-0.1, -0.05) is 64.2 Å². The van der Waals surface area contributed by atoms with Crippen LogP contribution in [0.15, 0.2) is 0 Å². The zero-order chi connectivity index (χ0) is 19.0. The molecule has 7 heteroatoms. The maximum atomic E-state index is 7.29. The average molecular weight is 398 g/mol. The van der Waals surface area contributed by atoms with Gasteiger partial charge in [0.1, 0.15) is 0 Å². The van der Waals surface area contributed by atoms with Crippen LogP contribution in [0.4, 0.5) is 0 Å². The van der Waals surface area contributed by atoms with E-state index >= 15 is 0 Å². The van der Waals surface area contributed by atoms with Gasteiger partial charge in [0.05, 0.1) is 18.3 Å². The minimum absolute atomic E-state index is 0.0259. The molecule has 3 bridgehead atoms. The van der Waals surface area contributed by atoms with E-state index in [9.17, 15) is 0 Å². The number of hydrogen-bond acceptors (Lipinski definition) is 4. The summed E-state index contributed by atoms with van der Waals surface area (Å²) in [6.07, 6.45) is 18.4. The quantitative estimate of drug-likeness (QED) is 0.288. The van der Waals surface area contributed by atoms with Crippen LogP contribution in [-0.2, 0) is 13.3 Å². The zero-order valence-corrected chi connectivity index (χ0v) is 17.8. The lowest BCUT2D eigenvalue weighted by Crippen LogP contribution is -2.49. The van der Waals surface area contributed by atoms with Crippen molar-refractivity contribution in [3.05, 3.63) is 0 Å². The maximum absolute atomic E-state index is 7.29. The second-order valence-electron chi connectivity index (χ2n) is 8.53. The molecule has 4 unspecified atom stereocenters. The van der Waals surface area contributed by atoms with Crippen molar-refractivity contribution in [3.63, 3.8) is 0 Å². The van der Waals surface area contributed by atoms with Crippen LogP contribution in [0.25, 0.3) is 0 Å². The zero-order valence-electron chi connectivity index (χ0n) is 16.8. The number of fused-ring (bicyclic) bond motifs is 2. The molecular weight excluding hydrogens is 358 g/mol. The summed E-state index contributed by atoms with van der Waals surface area (Å²) in [6.45, 7) is 0.681. The van der Waals surface area contributed by atoms with Crippen LogP contribution < -0.4 is 11.1 Å². The predicted molar refractivity (Wildman–Crippen MR) is 110 cm³/mol. The summed E-state index contributed by atoms with van der Waals surface area (Å²) in [4.78, 5) is 0. The highest BCUT2D eigenvalue weighted by Gasteiger charge is 2.57. The van der Waals surface area contributed by atoms with Gasteiger partial charge in [0.2, 0.25) is 0 Å². The summed E-state index contributed by atoms with van der Waals surface area (Å²) in [5, 5.41) is 10.2. The fourth-order valence-electron chi connectivity index (χ4n) is 4.72. The van der Waals surface area contributed by atoms with Gasteiger partial charge in [0.15, 0.2) is 5.96 Å². The van der Waals surface area contributed by atoms with E-state index in [-0.39, 0.29) is 18.2 Å². The molecule has 0 aromatic rings. The van der Waals surface area contributed by atoms with E-state index in [4.69, 9.17) is 24.4 Å². The number of guanidine groups is 1. The van der Waals surface area contributed by atoms with Crippen LogP contribution in [0.5, 0.6) is 0 Å². The molecule has 4 N–H and O–H groups in total. The summed E-state index contributed by atoms with van der Waals surface area (Å²) >= 11 is 0. The van der Waals surface area contributed by atoms with Gasteiger partial charge in [0, 0.05) is 19.0 Å². The Balaban J connectivity index is 1.56.